The molecule has 0 saturated heterocycles. The molecular formula is C25H19ClFN5OS. The van der Waals surface area contributed by atoms with E-state index in [0.717, 1.165) is 40.0 Å². The highest BCUT2D eigenvalue weighted by Gasteiger charge is 2.36. The quantitative estimate of drug-likeness (QED) is 0.466. The second-order valence-corrected chi connectivity index (χ2v) is 9.39. The van der Waals surface area contributed by atoms with E-state index in [2.05, 4.69) is 14.7 Å². The molecule has 1 aromatic heterocycles. The third-order valence-corrected chi connectivity index (χ3v) is 6.92. The highest BCUT2D eigenvalue weighted by Crippen LogP contribution is 2.33. The minimum Gasteiger partial charge on any atom is -0.318 e. The highest BCUT2D eigenvalue weighted by molar-refractivity contribution is 8.27. The number of nitrogens with zero attached hydrogens (tertiary/aromatic N) is 4. The fourth-order valence-corrected chi connectivity index (χ4v) is 5.10. The number of thioether (sulfide) groups is 1. The van der Waals surface area contributed by atoms with Crippen molar-refractivity contribution >= 4 is 51.4 Å². The van der Waals surface area contributed by atoms with Gasteiger partial charge in [0.2, 0.25) is 5.17 Å². The topological polar surface area (TPSA) is 73.8 Å². The first-order chi connectivity index (χ1) is 16.2. The first-order valence-corrected chi connectivity index (χ1v) is 11.6. The van der Waals surface area contributed by atoms with Crippen molar-refractivity contribution in [2.45, 2.75) is 20.8 Å². The van der Waals surface area contributed by atoms with Crippen LogP contribution in [0.15, 0.2) is 64.2 Å². The van der Waals surface area contributed by atoms with Crippen molar-refractivity contribution in [2.24, 2.45) is 10.1 Å². The molecule has 2 aromatic carbocycles. The molecule has 0 aliphatic carbocycles. The Bertz CT molecular complexity index is 1490. The lowest BCUT2D eigenvalue weighted by molar-refractivity contribution is -0.114. The molecule has 0 fully saturated rings. The summed E-state index contributed by atoms with van der Waals surface area (Å²) in [5.41, 5.74) is 5.08. The van der Waals surface area contributed by atoms with Gasteiger partial charge in [0, 0.05) is 27.7 Å². The molecule has 5 rings (SSSR count). The maximum absolute atomic E-state index is 14.2. The van der Waals surface area contributed by atoms with Crippen LogP contribution in [0.2, 0.25) is 5.02 Å². The number of amidine groups is 2. The number of fused-ring (bicyclic) bond motifs is 1. The minimum absolute atomic E-state index is 0.0995. The van der Waals surface area contributed by atoms with E-state index >= 15 is 0 Å². The fourth-order valence-electron chi connectivity index (χ4n) is 4.02. The summed E-state index contributed by atoms with van der Waals surface area (Å²) >= 11 is 7.30. The number of carbonyl (C=O) groups excluding carboxylic acids is 1. The summed E-state index contributed by atoms with van der Waals surface area (Å²) in [6.07, 6.45) is 1.66. The van der Waals surface area contributed by atoms with Gasteiger partial charge in [-0.3, -0.25) is 10.2 Å². The van der Waals surface area contributed by atoms with Gasteiger partial charge in [-0.15, -0.1) is 0 Å². The molecule has 0 unspecified atom stereocenters. The Hall–Kier alpha value is -3.49. The third-order valence-electron chi connectivity index (χ3n) is 5.74. The van der Waals surface area contributed by atoms with E-state index in [1.54, 1.807) is 24.3 Å². The summed E-state index contributed by atoms with van der Waals surface area (Å²) in [7, 11) is 0. The van der Waals surface area contributed by atoms with Crippen LogP contribution in [0.1, 0.15) is 28.1 Å². The smallest absolute Gasteiger partial charge is 0.283 e. The molecule has 6 nitrogen and oxygen atoms in total. The Kier molecular flexibility index (Phi) is 5.50. The fraction of sp³-hybridized carbons (Fsp3) is 0.120. The van der Waals surface area contributed by atoms with Crippen LogP contribution in [0, 0.1) is 32.0 Å². The van der Waals surface area contributed by atoms with Crippen LogP contribution >= 0.6 is 23.4 Å². The van der Waals surface area contributed by atoms with Crippen LogP contribution in [0.4, 0.5) is 4.39 Å². The van der Waals surface area contributed by atoms with E-state index in [0.29, 0.717) is 15.6 Å². The third kappa shape index (κ3) is 3.69. The van der Waals surface area contributed by atoms with Gasteiger partial charge in [-0.05, 0) is 80.1 Å². The predicted molar refractivity (Wildman–Crippen MR) is 136 cm³/mol. The molecule has 0 radical (unpaired) electrons. The molecule has 0 saturated carbocycles. The van der Waals surface area contributed by atoms with Gasteiger partial charge < -0.3 is 4.57 Å². The Morgan fingerprint density at radius 2 is 1.88 bits per heavy atom. The SMILES string of the molecule is Cc1ccc(Cl)cc1-n1c(C)cc(/C=C2\C(=N)N3N=C(c4ccccc4F)SC3=NC2=O)c1C. The Morgan fingerprint density at radius 1 is 1.12 bits per heavy atom. The van der Waals surface area contributed by atoms with Gasteiger partial charge in [-0.2, -0.15) is 15.1 Å². The summed E-state index contributed by atoms with van der Waals surface area (Å²) in [6, 6.07) is 13.9. The number of aromatic nitrogens is 1. The van der Waals surface area contributed by atoms with Gasteiger partial charge in [-0.25, -0.2) is 4.39 Å². The van der Waals surface area contributed by atoms with Crippen LogP contribution in [0.5, 0.6) is 0 Å². The molecule has 3 heterocycles. The summed E-state index contributed by atoms with van der Waals surface area (Å²) in [5.74, 6) is -1.05. The number of aliphatic imine (C=N–C) groups is 1. The monoisotopic (exact) mass is 491 g/mol. The van der Waals surface area contributed by atoms with Crippen molar-refractivity contribution in [1.82, 2.24) is 9.58 Å². The van der Waals surface area contributed by atoms with E-state index in [1.165, 1.54) is 11.1 Å². The first-order valence-electron chi connectivity index (χ1n) is 10.4. The van der Waals surface area contributed by atoms with E-state index in [9.17, 15) is 9.18 Å². The lowest BCUT2D eigenvalue weighted by Gasteiger charge is -2.20. The van der Waals surface area contributed by atoms with Crippen molar-refractivity contribution < 1.29 is 9.18 Å². The normalized spacial score (nSPS) is 16.7. The van der Waals surface area contributed by atoms with Crippen molar-refractivity contribution in [2.75, 3.05) is 0 Å². The second kappa shape index (κ2) is 8.38. The maximum Gasteiger partial charge on any atom is 0.283 e. The average Bonchev–Trinajstić information content (AvgIpc) is 3.33. The molecule has 0 atom stereocenters. The number of amides is 1. The van der Waals surface area contributed by atoms with E-state index < -0.39 is 11.7 Å². The summed E-state index contributed by atoms with van der Waals surface area (Å²) in [5, 5.41) is 15.5. The van der Waals surface area contributed by atoms with E-state index in [-0.39, 0.29) is 16.6 Å². The molecule has 1 N–H and O–H groups in total. The number of nitrogens with one attached hydrogen (secondary N) is 1. The number of hydrogen-bond acceptors (Lipinski definition) is 4. The largest absolute Gasteiger partial charge is 0.318 e. The van der Waals surface area contributed by atoms with Gasteiger partial charge >= 0.3 is 0 Å². The van der Waals surface area contributed by atoms with Crippen LogP contribution in [-0.2, 0) is 4.79 Å². The lowest BCUT2D eigenvalue weighted by atomic mass is 10.1. The molecule has 0 spiro atoms. The lowest BCUT2D eigenvalue weighted by Crippen LogP contribution is -2.35. The van der Waals surface area contributed by atoms with Crippen LogP contribution < -0.4 is 0 Å². The van der Waals surface area contributed by atoms with Gasteiger partial charge in [0.05, 0.1) is 5.57 Å². The maximum atomic E-state index is 14.2. The Balaban J connectivity index is 1.54. The van der Waals surface area contributed by atoms with Gasteiger partial charge in [0.1, 0.15) is 10.9 Å². The number of aryl methyl sites for hydroxylation is 2. The Labute approximate surface area is 205 Å². The number of halogens is 2. The summed E-state index contributed by atoms with van der Waals surface area (Å²) < 4.78 is 16.3. The first kappa shape index (κ1) is 22.3. The number of benzene rings is 2. The van der Waals surface area contributed by atoms with Crippen molar-refractivity contribution in [1.29, 1.82) is 5.41 Å². The number of rotatable bonds is 3. The molecule has 3 aromatic rings. The average molecular weight is 492 g/mol. The molecule has 170 valence electrons. The van der Waals surface area contributed by atoms with E-state index in [4.69, 9.17) is 17.0 Å². The van der Waals surface area contributed by atoms with Gasteiger partial charge in [0.25, 0.3) is 5.91 Å². The molecule has 0 bridgehead atoms. The predicted octanol–water partition coefficient (Wildman–Crippen LogP) is 5.86. The number of hydrogen-bond donors (Lipinski definition) is 1. The van der Waals surface area contributed by atoms with Crippen molar-refractivity contribution in [3.63, 3.8) is 0 Å². The zero-order valence-corrected chi connectivity index (χ0v) is 20.1. The highest BCUT2D eigenvalue weighted by atomic mass is 35.5. The molecule has 2 aliphatic heterocycles. The van der Waals surface area contributed by atoms with Crippen molar-refractivity contribution in [3.05, 3.63) is 93.0 Å². The summed E-state index contributed by atoms with van der Waals surface area (Å²) in [6.45, 7) is 5.93. The molecule has 34 heavy (non-hydrogen) atoms. The minimum atomic E-state index is -0.530. The second-order valence-electron chi connectivity index (χ2n) is 8.00. The Morgan fingerprint density at radius 3 is 2.65 bits per heavy atom. The van der Waals surface area contributed by atoms with E-state index in [1.807, 2.05) is 45.0 Å². The van der Waals surface area contributed by atoms with Crippen LogP contribution in [0.25, 0.3) is 11.8 Å². The van der Waals surface area contributed by atoms with Crippen molar-refractivity contribution in [3.8, 4) is 5.69 Å². The number of carbonyl (C=O) groups is 1. The van der Waals surface area contributed by atoms with Gasteiger partial charge in [-0.1, -0.05) is 29.8 Å². The molecule has 1 amide bonds. The zero-order valence-electron chi connectivity index (χ0n) is 18.6. The van der Waals surface area contributed by atoms with Gasteiger partial charge in [0.15, 0.2) is 5.84 Å². The van der Waals surface area contributed by atoms with Crippen LogP contribution in [-0.4, -0.2) is 31.5 Å². The molecular weight excluding hydrogens is 473 g/mol. The van der Waals surface area contributed by atoms with Crippen LogP contribution in [0.3, 0.4) is 0 Å². The molecule has 9 heteroatoms. The molecule has 2 aliphatic rings. The number of hydrazone groups is 1. The zero-order chi connectivity index (χ0) is 24.1. The summed E-state index contributed by atoms with van der Waals surface area (Å²) in [4.78, 5) is 17.0. The standard InChI is InChI=1S/C25H19ClFN5OS/c1-13-8-9-17(26)12-21(13)31-14(2)10-16(15(31)3)11-19-22(28)32-25(29-23(19)33)34-24(30-32)18-6-4-5-7-20(18)27/h4-12,28H,1-3H3/b19-11+,28-22?.